The molecule has 3 aromatic rings. The fourth-order valence-corrected chi connectivity index (χ4v) is 4.40. The summed E-state index contributed by atoms with van der Waals surface area (Å²) in [5.74, 6) is 0.902. The lowest BCUT2D eigenvalue weighted by Gasteiger charge is -2.07. The Labute approximate surface area is 181 Å². The van der Waals surface area contributed by atoms with Gasteiger partial charge in [-0.05, 0) is 42.0 Å². The number of amides is 1. The van der Waals surface area contributed by atoms with Gasteiger partial charge in [-0.2, -0.15) is 4.99 Å². The number of fused-ring (bicyclic) bond motifs is 1. The molecule has 0 atom stereocenters. The average molecular weight is 477 g/mol. The smallest absolute Gasteiger partial charge is 0.272 e. The van der Waals surface area contributed by atoms with Crippen LogP contribution in [0.1, 0.15) is 5.56 Å². The number of hydrogen-bond acceptors (Lipinski definition) is 5. The molecular weight excluding hydrogens is 456 g/mol. The lowest BCUT2D eigenvalue weighted by molar-refractivity contribution is -0.113. The maximum Gasteiger partial charge on any atom is 0.272 e. The number of halogens is 1. The van der Waals surface area contributed by atoms with Crippen LogP contribution in [0.2, 0.25) is 0 Å². The van der Waals surface area contributed by atoms with Crippen LogP contribution in [0.25, 0.3) is 16.3 Å². The van der Waals surface area contributed by atoms with Crippen molar-refractivity contribution in [2.24, 2.45) is 4.99 Å². The van der Waals surface area contributed by atoms with Gasteiger partial charge in [-0.1, -0.05) is 33.3 Å². The van der Waals surface area contributed by atoms with Gasteiger partial charge in [0.2, 0.25) is 0 Å². The number of ether oxygens (including phenoxy) is 3. The maximum atomic E-state index is 12.5. The molecule has 0 spiro atoms. The van der Waals surface area contributed by atoms with Crippen LogP contribution in [0.5, 0.6) is 11.5 Å². The average Bonchev–Trinajstić information content (AvgIpc) is 3.06. The quantitative estimate of drug-likeness (QED) is 0.477. The fourth-order valence-electron chi connectivity index (χ4n) is 2.79. The van der Waals surface area contributed by atoms with Gasteiger partial charge in [0.25, 0.3) is 5.91 Å². The number of rotatable bonds is 7. The van der Waals surface area contributed by atoms with Gasteiger partial charge >= 0.3 is 0 Å². The third-order valence-electron chi connectivity index (χ3n) is 4.20. The predicted molar refractivity (Wildman–Crippen MR) is 119 cm³/mol. The summed E-state index contributed by atoms with van der Waals surface area (Å²) < 4.78 is 19.8. The number of carbonyl (C=O) groups excluding carboxylic acids is 1. The third-order valence-corrected chi connectivity index (χ3v) is 5.73. The summed E-state index contributed by atoms with van der Waals surface area (Å²) in [4.78, 5) is 17.4. The molecule has 0 N–H and O–H groups in total. The zero-order valence-corrected chi connectivity index (χ0v) is 18.7. The topological polar surface area (TPSA) is 62.1 Å². The molecule has 0 fully saturated rings. The lowest BCUT2D eigenvalue weighted by Crippen LogP contribution is -2.18. The highest BCUT2D eigenvalue weighted by molar-refractivity contribution is 9.10. The lowest BCUT2D eigenvalue weighted by atomic mass is 10.2. The Morgan fingerprint density at radius 2 is 1.93 bits per heavy atom. The molecule has 2 aromatic carbocycles. The van der Waals surface area contributed by atoms with Crippen molar-refractivity contribution < 1.29 is 19.0 Å². The monoisotopic (exact) mass is 476 g/mol. The van der Waals surface area contributed by atoms with E-state index in [0.29, 0.717) is 29.5 Å². The molecule has 0 bridgehead atoms. The van der Waals surface area contributed by atoms with Gasteiger partial charge in [0.05, 0.1) is 31.0 Å². The van der Waals surface area contributed by atoms with Crippen LogP contribution in [0.3, 0.4) is 0 Å². The second-order valence-electron chi connectivity index (χ2n) is 6.04. The van der Waals surface area contributed by atoms with Crippen molar-refractivity contribution in [2.75, 3.05) is 27.9 Å². The van der Waals surface area contributed by atoms with Gasteiger partial charge in [0.1, 0.15) is 0 Å². The zero-order chi connectivity index (χ0) is 20.8. The number of methoxy groups -OCH3 is 3. The summed E-state index contributed by atoms with van der Waals surface area (Å²) in [6.07, 6.45) is 3.15. The van der Waals surface area contributed by atoms with Crippen molar-refractivity contribution in [2.45, 2.75) is 6.54 Å². The summed E-state index contributed by atoms with van der Waals surface area (Å²) in [6, 6.07) is 11.4. The summed E-state index contributed by atoms with van der Waals surface area (Å²) in [5, 5.41) is 0. The standard InChI is InChI=1S/C21H21BrN2O4S/c1-26-11-10-24-16-7-6-15(22)13-19(16)29-21(24)23-20(25)9-5-14-4-8-17(27-2)18(12-14)28-3/h4-9,12-13H,10-11H2,1-3H3/b9-5-,23-21?. The Morgan fingerprint density at radius 1 is 1.14 bits per heavy atom. The van der Waals surface area contributed by atoms with Gasteiger partial charge in [0, 0.05) is 24.2 Å². The van der Waals surface area contributed by atoms with Crippen molar-refractivity contribution >= 4 is 49.5 Å². The molecule has 0 radical (unpaired) electrons. The van der Waals surface area contributed by atoms with Gasteiger partial charge in [-0.15, -0.1) is 0 Å². The highest BCUT2D eigenvalue weighted by Gasteiger charge is 2.08. The first-order valence-electron chi connectivity index (χ1n) is 8.82. The Balaban J connectivity index is 1.92. The fraction of sp³-hybridized carbons (Fsp3) is 0.238. The molecule has 152 valence electrons. The van der Waals surface area contributed by atoms with E-state index in [0.717, 1.165) is 20.3 Å². The van der Waals surface area contributed by atoms with Gasteiger partial charge in [-0.25, -0.2) is 0 Å². The number of carbonyl (C=O) groups is 1. The second kappa shape index (κ2) is 9.87. The maximum absolute atomic E-state index is 12.5. The molecule has 0 aliphatic carbocycles. The third kappa shape index (κ3) is 5.14. The van der Waals surface area contributed by atoms with Crippen molar-refractivity contribution in [1.82, 2.24) is 4.57 Å². The van der Waals surface area contributed by atoms with Gasteiger partial charge in [-0.3, -0.25) is 4.79 Å². The minimum Gasteiger partial charge on any atom is -0.493 e. The number of aromatic nitrogens is 1. The molecule has 6 nitrogen and oxygen atoms in total. The normalized spacial score (nSPS) is 12.1. The molecule has 1 heterocycles. The van der Waals surface area contributed by atoms with Crippen LogP contribution >= 0.6 is 27.3 Å². The van der Waals surface area contributed by atoms with Crippen LogP contribution in [0.15, 0.2) is 51.9 Å². The first kappa shape index (κ1) is 21.3. The molecule has 1 amide bonds. The number of thiazole rings is 1. The molecule has 1 aromatic heterocycles. The van der Waals surface area contributed by atoms with Crippen molar-refractivity contribution in [3.63, 3.8) is 0 Å². The Morgan fingerprint density at radius 3 is 2.66 bits per heavy atom. The second-order valence-corrected chi connectivity index (χ2v) is 7.96. The van der Waals surface area contributed by atoms with E-state index in [1.807, 2.05) is 28.8 Å². The van der Waals surface area contributed by atoms with E-state index in [9.17, 15) is 4.79 Å². The van der Waals surface area contributed by atoms with Crippen molar-refractivity contribution in [3.8, 4) is 11.5 Å². The van der Waals surface area contributed by atoms with Crippen LogP contribution in [0, 0.1) is 0 Å². The van der Waals surface area contributed by atoms with Crippen molar-refractivity contribution in [1.29, 1.82) is 0 Å². The van der Waals surface area contributed by atoms with Crippen molar-refractivity contribution in [3.05, 3.63) is 57.3 Å². The molecule has 0 saturated carbocycles. The molecular formula is C21H21BrN2O4S. The van der Waals surface area contributed by atoms with Crippen LogP contribution < -0.4 is 14.3 Å². The van der Waals surface area contributed by atoms with Crippen LogP contribution in [-0.2, 0) is 16.1 Å². The minimum atomic E-state index is -0.337. The Hall–Kier alpha value is -2.42. The molecule has 3 rings (SSSR count). The van der Waals surface area contributed by atoms with E-state index in [4.69, 9.17) is 14.2 Å². The highest BCUT2D eigenvalue weighted by Crippen LogP contribution is 2.28. The Bertz CT molecular complexity index is 1120. The van der Waals surface area contributed by atoms with E-state index < -0.39 is 0 Å². The van der Waals surface area contributed by atoms with E-state index in [2.05, 4.69) is 20.9 Å². The van der Waals surface area contributed by atoms with Crippen LogP contribution in [0.4, 0.5) is 0 Å². The summed E-state index contributed by atoms with van der Waals surface area (Å²) in [5.41, 5.74) is 1.84. The zero-order valence-electron chi connectivity index (χ0n) is 16.3. The largest absolute Gasteiger partial charge is 0.493 e. The Kier molecular flexibility index (Phi) is 7.24. The van der Waals surface area contributed by atoms with Crippen LogP contribution in [-0.4, -0.2) is 38.4 Å². The molecule has 29 heavy (non-hydrogen) atoms. The first-order valence-corrected chi connectivity index (χ1v) is 10.4. The summed E-state index contributed by atoms with van der Waals surface area (Å²) in [7, 11) is 4.81. The van der Waals surface area contributed by atoms with E-state index >= 15 is 0 Å². The molecule has 0 saturated heterocycles. The number of nitrogens with zero attached hydrogens (tertiary/aromatic N) is 2. The van der Waals surface area contributed by atoms with E-state index in [-0.39, 0.29) is 5.91 Å². The minimum absolute atomic E-state index is 0.337. The summed E-state index contributed by atoms with van der Waals surface area (Å²) in [6.45, 7) is 1.15. The molecule has 8 heteroatoms. The molecule has 0 unspecified atom stereocenters. The van der Waals surface area contributed by atoms with E-state index in [1.165, 1.54) is 17.4 Å². The molecule has 0 aliphatic heterocycles. The van der Waals surface area contributed by atoms with Gasteiger partial charge in [0.15, 0.2) is 16.3 Å². The SMILES string of the molecule is COCCn1c(=NC(=O)/C=C\c2ccc(OC)c(OC)c2)sc2cc(Br)ccc21. The number of hydrogen-bond donors (Lipinski definition) is 0. The molecule has 0 aliphatic rings. The predicted octanol–water partition coefficient (Wildman–Crippen LogP) is 4.27. The first-order chi connectivity index (χ1) is 14.0. The van der Waals surface area contributed by atoms with E-state index in [1.54, 1.807) is 39.5 Å². The summed E-state index contributed by atoms with van der Waals surface area (Å²) >= 11 is 4.96. The van der Waals surface area contributed by atoms with Gasteiger partial charge < -0.3 is 18.8 Å². The highest BCUT2D eigenvalue weighted by atomic mass is 79.9. The number of benzene rings is 2.